The summed E-state index contributed by atoms with van der Waals surface area (Å²) in [4.78, 5) is 27.1. The van der Waals surface area contributed by atoms with Gasteiger partial charge in [-0.1, -0.05) is 54.0 Å². The third-order valence-electron chi connectivity index (χ3n) is 13.9. The number of rotatable bonds is 2. The van der Waals surface area contributed by atoms with Gasteiger partial charge in [0.25, 0.3) is 0 Å². The minimum Gasteiger partial charge on any atom is -0.469 e. The fourth-order valence-electron chi connectivity index (χ4n) is 11.4. The van der Waals surface area contributed by atoms with Gasteiger partial charge in [0.15, 0.2) is 5.78 Å². The number of ether oxygens (including phenoxy) is 1. The van der Waals surface area contributed by atoms with Crippen LogP contribution in [-0.2, 0) is 14.3 Å². The molecule has 0 aliphatic heterocycles. The molecule has 0 bridgehead atoms. The summed E-state index contributed by atoms with van der Waals surface area (Å²) in [7, 11) is 1.44. The van der Waals surface area contributed by atoms with Gasteiger partial charge < -0.3 is 4.74 Å². The van der Waals surface area contributed by atoms with Crippen molar-refractivity contribution in [2.24, 2.45) is 62.6 Å². The van der Waals surface area contributed by atoms with Crippen molar-refractivity contribution in [2.75, 3.05) is 7.11 Å². The summed E-state index contributed by atoms with van der Waals surface area (Å²) in [6, 6.07) is 2.56. The lowest BCUT2D eigenvalue weighted by Gasteiger charge is -2.70. The van der Waals surface area contributed by atoms with Crippen LogP contribution in [0.2, 0.25) is 0 Å². The van der Waals surface area contributed by atoms with Crippen LogP contribution in [0, 0.1) is 73.9 Å². The molecule has 0 amide bonds. The Bertz CT molecular complexity index is 1070. The van der Waals surface area contributed by atoms with Gasteiger partial charge >= 0.3 is 5.97 Å². The lowest BCUT2D eigenvalue weighted by Crippen LogP contribution is -2.66. The second-order valence-corrected chi connectivity index (χ2v) is 15.3. The second-order valence-electron chi connectivity index (χ2n) is 15.3. The third kappa shape index (κ3) is 3.37. The first kappa shape index (κ1) is 27.0. The maximum Gasteiger partial charge on any atom is 0.306 e. The molecule has 204 valence electrons. The molecule has 4 fully saturated rings. The Balaban J connectivity index is 1.62. The largest absolute Gasteiger partial charge is 0.469 e. The molecule has 37 heavy (non-hydrogen) atoms. The van der Waals surface area contributed by atoms with Gasteiger partial charge in [-0.3, -0.25) is 9.59 Å². The van der Waals surface area contributed by atoms with Crippen LogP contribution in [0.4, 0.5) is 0 Å². The van der Waals surface area contributed by atoms with E-state index < -0.39 is 5.41 Å². The topological polar surface area (TPSA) is 67.2 Å². The number of allylic oxidation sites excluding steroid dienone is 2. The van der Waals surface area contributed by atoms with Crippen molar-refractivity contribution in [2.45, 2.75) is 106 Å². The predicted octanol–water partition coefficient (Wildman–Crippen LogP) is 7.53. The zero-order valence-corrected chi connectivity index (χ0v) is 24.6. The van der Waals surface area contributed by atoms with Gasteiger partial charge in [-0.2, -0.15) is 5.26 Å². The van der Waals surface area contributed by atoms with E-state index >= 15 is 0 Å². The molecule has 3 unspecified atom stereocenters. The van der Waals surface area contributed by atoms with Crippen LogP contribution in [0.3, 0.4) is 0 Å². The van der Waals surface area contributed by atoms with Gasteiger partial charge in [-0.15, -0.1) is 0 Å². The fourth-order valence-corrected chi connectivity index (χ4v) is 11.4. The van der Waals surface area contributed by atoms with Crippen molar-refractivity contribution >= 4 is 11.8 Å². The first-order valence-electron chi connectivity index (χ1n) is 14.9. The molecule has 0 N–H and O–H groups in total. The minimum absolute atomic E-state index is 0.0138. The molecular formula is C33H49NO3. The number of carbonyl (C=O) groups excluding carboxylic acids is 2. The van der Waals surface area contributed by atoms with Crippen molar-refractivity contribution in [1.82, 2.24) is 0 Å². The van der Waals surface area contributed by atoms with Gasteiger partial charge in [-0.05, 0) is 108 Å². The van der Waals surface area contributed by atoms with Crippen molar-refractivity contribution < 1.29 is 14.3 Å². The molecule has 0 heterocycles. The highest BCUT2D eigenvalue weighted by atomic mass is 16.5. The zero-order valence-electron chi connectivity index (χ0n) is 24.6. The molecule has 4 saturated carbocycles. The van der Waals surface area contributed by atoms with Gasteiger partial charge in [0.1, 0.15) is 0 Å². The highest BCUT2D eigenvalue weighted by Gasteiger charge is 2.70. The lowest BCUT2D eigenvalue weighted by molar-refractivity contribution is -0.196. The average molecular weight is 508 g/mol. The summed E-state index contributed by atoms with van der Waals surface area (Å²) in [6.07, 6.45) is 11.0. The number of hydrogen-bond acceptors (Lipinski definition) is 4. The van der Waals surface area contributed by atoms with E-state index in [0.29, 0.717) is 29.0 Å². The monoisotopic (exact) mass is 507 g/mol. The van der Waals surface area contributed by atoms with E-state index in [4.69, 9.17) is 4.74 Å². The van der Waals surface area contributed by atoms with Crippen molar-refractivity contribution in [3.05, 3.63) is 11.6 Å². The summed E-state index contributed by atoms with van der Waals surface area (Å²) >= 11 is 0. The average Bonchev–Trinajstić information content (AvgIpc) is 2.83. The molecular weight excluding hydrogens is 458 g/mol. The Morgan fingerprint density at radius 3 is 2.38 bits per heavy atom. The van der Waals surface area contributed by atoms with Gasteiger partial charge in [0, 0.05) is 5.92 Å². The maximum absolute atomic E-state index is 14.5. The molecule has 0 radical (unpaired) electrons. The van der Waals surface area contributed by atoms with Crippen LogP contribution in [0.15, 0.2) is 11.6 Å². The molecule has 11 atom stereocenters. The van der Waals surface area contributed by atoms with Crippen LogP contribution in [0.25, 0.3) is 0 Å². The fraction of sp³-hybridized carbons (Fsp3) is 0.848. The highest BCUT2D eigenvalue weighted by molar-refractivity contribution is 5.95. The molecule has 5 rings (SSSR count). The number of nitrogens with zero attached hydrogens (tertiary/aromatic N) is 1. The Hall–Kier alpha value is -1.63. The number of methoxy groups -OCH3 is 1. The quantitative estimate of drug-likeness (QED) is 0.362. The molecule has 0 aromatic heterocycles. The number of hydrogen-bond donors (Lipinski definition) is 0. The summed E-state index contributed by atoms with van der Waals surface area (Å²) in [5.74, 6) is 1.76. The van der Waals surface area contributed by atoms with E-state index in [1.165, 1.54) is 31.9 Å². The molecule has 0 aromatic carbocycles. The van der Waals surface area contributed by atoms with E-state index in [9.17, 15) is 14.9 Å². The standard InChI is InChI=1S/C33H49NO3/c1-20-9-12-29(3)15-16-32(6)23(27(29)21(20)2)17-24(35)28-30(4)13-10-22(19-34)31(5,18-26(36)37-8)25(30)11-14-33(28,32)7/h17,20-22,25,27-28H,9-16,18H2,1-8H3/t20-,21+,22+,25?,27?,28?,29-,30+,31+,32-,33-/m1/s1. The Morgan fingerprint density at radius 2 is 1.73 bits per heavy atom. The Labute approximate surface area is 225 Å². The number of carbonyl (C=O) groups is 2. The van der Waals surface area contributed by atoms with Gasteiger partial charge in [-0.25, -0.2) is 0 Å². The van der Waals surface area contributed by atoms with Gasteiger partial charge in [0.05, 0.1) is 25.5 Å². The summed E-state index contributed by atoms with van der Waals surface area (Å²) in [5, 5.41) is 10.1. The van der Waals surface area contributed by atoms with Crippen LogP contribution in [0.1, 0.15) is 106 Å². The SMILES string of the molecule is COC(=O)C[C@]1(C)C2CC[C@]3(C)C(C(=O)C=C4C5[C@@H](C)[C@H](C)CC[C@]5(C)CC[C@]43C)[C@@]2(C)CC[C@H]1C#N. The smallest absolute Gasteiger partial charge is 0.306 e. The van der Waals surface area contributed by atoms with Crippen LogP contribution in [-0.4, -0.2) is 18.9 Å². The van der Waals surface area contributed by atoms with E-state index in [0.717, 1.165) is 32.1 Å². The third-order valence-corrected chi connectivity index (χ3v) is 13.9. The second kappa shape index (κ2) is 8.43. The van der Waals surface area contributed by atoms with Crippen molar-refractivity contribution in [3.63, 3.8) is 0 Å². The van der Waals surface area contributed by atoms with E-state index in [1.807, 2.05) is 0 Å². The van der Waals surface area contributed by atoms with Crippen LogP contribution >= 0.6 is 0 Å². The van der Waals surface area contributed by atoms with E-state index in [2.05, 4.69) is 60.6 Å². The summed E-state index contributed by atoms with van der Waals surface area (Å²) < 4.78 is 5.11. The van der Waals surface area contributed by atoms with Crippen LogP contribution < -0.4 is 0 Å². The maximum atomic E-state index is 14.5. The first-order chi connectivity index (χ1) is 17.2. The van der Waals surface area contributed by atoms with Crippen molar-refractivity contribution in [1.29, 1.82) is 5.26 Å². The van der Waals surface area contributed by atoms with Gasteiger partial charge in [0.2, 0.25) is 0 Å². The molecule has 5 aliphatic rings. The summed E-state index contributed by atoms with van der Waals surface area (Å²) in [6.45, 7) is 16.8. The minimum atomic E-state index is -0.472. The molecule has 0 saturated heterocycles. The number of esters is 1. The van der Waals surface area contributed by atoms with E-state index in [1.54, 1.807) is 0 Å². The Morgan fingerprint density at radius 1 is 1.03 bits per heavy atom. The molecule has 4 nitrogen and oxygen atoms in total. The molecule has 0 aromatic rings. The number of nitriles is 1. The van der Waals surface area contributed by atoms with E-state index in [-0.39, 0.29) is 46.4 Å². The molecule has 0 spiro atoms. The first-order valence-corrected chi connectivity index (χ1v) is 14.9. The number of ketones is 1. The molecule has 5 aliphatic carbocycles. The normalized spacial score (nSPS) is 52.9. The number of fused-ring (bicyclic) bond motifs is 7. The lowest BCUT2D eigenvalue weighted by atomic mass is 9.32. The zero-order chi connectivity index (χ0) is 27.2. The van der Waals surface area contributed by atoms with Crippen LogP contribution in [0.5, 0.6) is 0 Å². The summed E-state index contributed by atoms with van der Waals surface area (Å²) in [5.41, 5.74) is 0.976. The molecule has 4 heteroatoms. The highest BCUT2D eigenvalue weighted by Crippen LogP contribution is 2.75. The predicted molar refractivity (Wildman–Crippen MR) is 145 cm³/mol. The van der Waals surface area contributed by atoms with Crippen molar-refractivity contribution in [3.8, 4) is 6.07 Å². The Kier molecular flexibility index (Phi) is 6.14.